The van der Waals surface area contributed by atoms with Crippen molar-refractivity contribution in [1.82, 2.24) is 4.90 Å². The molecule has 1 aromatic rings. The molecule has 4 rings (SSSR count). The van der Waals surface area contributed by atoms with E-state index in [-0.39, 0.29) is 59.4 Å². The monoisotopic (exact) mass is 362 g/mol. The van der Waals surface area contributed by atoms with Crippen molar-refractivity contribution in [1.29, 1.82) is 0 Å². The molecule has 25 heavy (non-hydrogen) atoms. The maximum absolute atomic E-state index is 13.0. The average molecular weight is 363 g/mol. The van der Waals surface area contributed by atoms with Crippen LogP contribution in [0.3, 0.4) is 0 Å². The second kappa shape index (κ2) is 5.95. The molecule has 1 saturated carbocycles. The molecule has 130 valence electrons. The van der Waals surface area contributed by atoms with E-state index < -0.39 is 5.82 Å². The van der Waals surface area contributed by atoms with Gasteiger partial charge in [-0.1, -0.05) is 23.8 Å². The third-order valence-corrected chi connectivity index (χ3v) is 5.64. The van der Waals surface area contributed by atoms with E-state index in [2.05, 4.69) is 5.32 Å². The maximum Gasteiger partial charge on any atom is 0.233 e. The first-order valence-corrected chi connectivity index (χ1v) is 8.62. The first-order chi connectivity index (χ1) is 12.0. The van der Waals surface area contributed by atoms with Crippen LogP contribution in [0.15, 0.2) is 30.4 Å². The first kappa shape index (κ1) is 16.3. The Labute approximate surface area is 148 Å². The van der Waals surface area contributed by atoms with Gasteiger partial charge < -0.3 is 5.32 Å². The van der Waals surface area contributed by atoms with Gasteiger partial charge in [-0.3, -0.25) is 19.3 Å². The van der Waals surface area contributed by atoms with Crippen LogP contribution in [0.25, 0.3) is 0 Å². The van der Waals surface area contributed by atoms with E-state index in [9.17, 15) is 18.8 Å². The van der Waals surface area contributed by atoms with Gasteiger partial charge in [-0.25, -0.2) is 4.39 Å². The van der Waals surface area contributed by atoms with Crippen LogP contribution >= 0.6 is 11.6 Å². The van der Waals surface area contributed by atoms with Gasteiger partial charge in [0.25, 0.3) is 0 Å². The molecule has 0 aromatic heterocycles. The zero-order chi connectivity index (χ0) is 17.7. The zero-order valence-corrected chi connectivity index (χ0v) is 14.0. The number of anilines is 1. The number of nitrogens with zero attached hydrogens (tertiary/aromatic N) is 1. The number of imide groups is 1. The number of hydrogen-bond donors (Lipinski definition) is 1. The highest BCUT2D eigenvalue weighted by molar-refractivity contribution is 6.33. The Morgan fingerprint density at radius 2 is 1.84 bits per heavy atom. The molecule has 0 unspecified atom stereocenters. The normalized spacial score (nSPS) is 29.4. The number of carbonyl (C=O) groups is 3. The number of nitrogens with one attached hydrogen (secondary N) is 1. The van der Waals surface area contributed by atoms with Crippen molar-refractivity contribution in [2.75, 3.05) is 11.9 Å². The van der Waals surface area contributed by atoms with Gasteiger partial charge >= 0.3 is 0 Å². The van der Waals surface area contributed by atoms with Crippen molar-refractivity contribution in [2.24, 2.45) is 23.7 Å². The Morgan fingerprint density at radius 1 is 1.20 bits per heavy atom. The van der Waals surface area contributed by atoms with Crippen LogP contribution in [-0.4, -0.2) is 29.2 Å². The number of benzene rings is 1. The largest absolute Gasteiger partial charge is 0.325 e. The summed E-state index contributed by atoms with van der Waals surface area (Å²) in [5, 5.41) is 2.67. The molecule has 5 nitrogen and oxygen atoms in total. The topological polar surface area (TPSA) is 66.5 Å². The lowest BCUT2D eigenvalue weighted by molar-refractivity contribution is -0.140. The Morgan fingerprint density at radius 3 is 2.44 bits per heavy atom. The van der Waals surface area contributed by atoms with Gasteiger partial charge in [0, 0.05) is 13.0 Å². The summed E-state index contributed by atoms with van der Waals surface area (Å²) in [5.41, 5.74) is 0.297. The van der Waals surface area contributed by atoms with E-state index in [1.54, 1.807) is 0 Å². The summed E-state index contributed by atoms with van der Waals surface area (Å²) in [5.74, 6) is -1.40. The molecule has 1 saturated heterocycles. The summed E-state index contributed by atoms with van der Waals surface area (Å²) in [4.78, 5) is 38.4. The Hall–Kier alpha value is -2.21. The third kappa shape index (κ3) is 2.65. The molecule has 0 spiro atoms. The van der Waals surface area contributed by atoms with E-state index in [0.717, 1.165) is 12.5 Å². The SMILES string of the molecule is O=C(CCN1C(=O)[C@@H]2[C@@H](C1=O)[C@H]1C=C[C@H]2C1)Nc1ccc(F)cc1Cl. The van der Waals surface area contributed by atoms with E-state index in [1.165, 1.54) is 17.0 Å². The fourth-order valence-corrected chi connectivity index (χ4v) is 4.42. The van der Waals surface area contributed by atoms with Crippen LogP contribution in [0, 0.1) is 29.5 Å². The van der Waals surface area contributed by atoms with Crippen molar-refractivity contribution < 1.29 is 18.8 Å². The minimum absolute atomic E-state index is 0.0204. The van der Waals surface area contributed by atoms with Crippen molar-refractivity contribution in [3.8, 4) is 0 Å². The molecule has 1 N–H and O–H groups in total. The summed E-state index contributed by atoms with van der Waals surface area (Å²) >= 11 is 5.87. The summed E-state index contributed by atoms with van der Waals surface area (Å²) in [6.45, 7) is 0.0504. The fraction of sp³-hybridized carbons (Fsp3) is 0.389. The summed E-state index contributed by atoms with van der Waals surface area (Å²) in [7, 11) is 0. The van der Waals surface area contributed by atoms with Crippen LogP contribution in [0.2, 0.25) is 5.02 Å². The smallest absolute Gasteiger partial charge is 0.233 e. The zero-order valence-electron chi connectivity index (χ0n) is 13.2. The summed E-state index contributed by atoms with van der Waals surface area (Å²) in [6, 6.07) is 3.67. The van der Waals surface area contributed by atoms with Gasteiger partial charge in [0.15, 0.2) is 0 Å². The van der Waals surface area contributed by atoms with Gasteiger partial charge in [-0.15, -0.1) is 0 Å². The van der Waals surface area contributed by atoms with Crippen LogP contribution in [-0.2, 0) is 14.4 Å². The molecule has 3 amide bonds. The molecule has 3 aliphatic rings. The van der Waals surface area contributed by atoms with E-state index in [0.29, 0.717) is 5.69 Å². The van der Waals surface area contributed by atoms with E-state index in [4.69, 9.17) is 11.6 Å². The Balaban J connectivity index is 1.38. The van der Waals surface area contributed by atoms with Gasteiger partial charge in [0.2, 0.25) is 17.7 Å². The van der Waals surface area contributed by atoms with Crippen molar-refractivity contribution in [3.63, 3.8) is 0 Å². The van der Waals surface area contributed by atoms with Crippen LogP contribution in [0.4, 0.5) is 10.1 Å². The molecule has 7 heteroatoms. The van der Waals surface area contributed by atoms with Gasteiger partial charge in [-0.2, -0.15) is 0 Å². The number of hydrogen-bond acceptors (Lipinski definition) is 3. The number of carbonyl (C=O) groups excluding carboxylic acids is 3. The van der Waals surface area contributed by atoms with Gasteiger partial charge in [-0.05, 0) is 36.5 Å². The molecular weight excluding hydrogens is 347 g/mol. The number of fused-ring (bicyclic) bond motifs is 5. The van der Waals surface area contributed by atoms with Gasteiger partial charge in [0.05, 0.1) is 22.5 Å². The number of rotatable bonds is 4. The van der Waals surface area contributed by atoms with E-state index >= 15 is 0 Å². The number of allylic oxidation sites excluding steroid dienone is 2. The molecule has 1 aromatic carbocycles. The lowest BCUT2D eigenvalue weighted by Crippen LogP contribution is -2.35. The van der Waals surface area contributed by atoms with Crippen molar-refractivity contribution in [2.45, 2.75) is 12.8 Å². The van der Waals surface area contributed by atoms with E-state index in [1.807, 2.05) is 12.2 Å². The van der Waals surface area contributed by atoms with Crippen LogP contribution < -0.4 is 5.32 Å². The molecule has 2 fully saturated rings. The molecular formula is C18H16ClFN2O3. The Bertz CT molecular complexity index is 780. The second-order valence-corrected chi connectivity index (χ2v) is 7.16. The van der Waals surface area contributed by atoms with Crippen molar-refractivity contribution >= 4 is 35.0 Å². The highest BCUT2D eigenvalue weighted by atomic mass is 35.5. The number of halogens is 2. The Kier molecular flexibility index (Phi) is 3.87. The minimum Gasteiger partial charge on any atom is -0.325 e. The van der Waals surface area contributed by atoms with Crippen molar-refractivity contribution in [3.05, 3.63) is 41.2 Å². The molecule has 4 atom stereocenters. The standard InChI is InChI=1S/C18H16ClFN2O3/c19-12-8-11(20)3-4-13(12)21-14(23)5-6-22-17(24)15-9-1-2-10(7-9)16(15)18(22)25/h1-4,8-10,15-16H,5-7H2,(H,21,23)/t9-,10-,15-,16-/m0/s1. The number of likely N-dealkylation sites (tertiary alicyclic amines) is 1. The first-order valence-electron chi connectivity index (χ1n) is 8.24. The molecule has 2 aliphatic carbocycles. The molecule has 1 aliphatic heterocycles. The lowest BCUT2D eigenvalue weighted by atomic mass is 9.85. The maximum atomic E-state index is 13.0. The molecule has 1 heterocycles. The van der Waals surface area contributed by atoms with Gasteiger partial charge in [0.1, 0.15) is 5.82 Å². The minimum atomic E-state index is -0.494. The highest BCUT2D eigenvalue weighted by Crippen LogP contribution is 2.52. The fourth-order valence-electron chi connectivity index (χ4n) is 4.20. The predicted molar refractivity (Wildman–Crippen MR) is 89.1 cm³/mol. The summed E-state index contributed by atoms with van der Waals surface area (Å²) in [6.07, 6.45) is 4.92. The molecule has 2 bridgehead atoms. The average Bonchev–Trinajstić information content (AvgIpc) is 3.23. The number of amides is 3. The highest BCUT2D eigenvalue weighted by Gasteiger charge is 2.58. The lowest BCUT2D eigenvalue weighted by Gasteiger charge is -2.17. The van der Waals surface area contributed by atoms with Crippen LogP contribution in [0.1, 0.15) is 12.8 Å². The summed E-state index contributed by atoms with van der Waals surface area (Å²) < 4.78 is 13.0. The van der Waals surface area contributed by atoms with Crippen LogP contribution in [0.5, 0.6) is 0 Å². The predicted octanol–water partition coefficient (Wildman–Crippen LogP) is 2.61. The molecule has 0 radical (unpaired) electrons. The third-order valence-electron chi connectivity index (χ3n) is 5.33. The second-order valence-electron chi connectivity index (χ2n) is 6.75. The quantitative estimate of drug-likeness (QED) is 0.661.